The van der Waals surface area contributed by atoms with Crippen LogP contribution in [0.15, 0.2) is 24.3 Å². The smallest absolute Gasteiger partial charge is 0.307 e. The summed E-state index contributed by atoms with van der Waals surface area (Å²) in [5, 5.41) is 8.63. The molecule has 1 N–H and O–H groups in total. The number of ether oxygens (including phenoxy) is 1. The van der Waals surface area contributed by atoms with Crippen LogP contribution in [0.25, 0.3) is 0 Å². The van der Waals surface area contributed by atoms with Gasteiger partial charge in [0.1, 0.15) is 0 Å². The second-order valence-electron chi connectivity index (χ2n) is 3.97. The molecular weight excluding hydrogens is 192 g/mol. The van der Waals surface area contributed by atoms with Crippen LogP contribution in [0, 0.1) is 0 Å². The van der Waals surface area contributed by atoms with E-state index in [2.05, 4.69) is 0 Å². The van der Waals surface area contributed by atoms with E-state index in [1.54, 1.807) is 7.11 Å². The number of benzene rings is 1. The first kappa shape index (κ1) is 10.2. The van der Waals surface area contributed by atoms with Gasteiger partial charge in [-0.15, -0.1) is 0 Å². The molecule has 80 valence electrons. The van der Waals surface area contributed by atoms with Crippen molar-refractivity contribution in [2.45, 2.75) is 24.9 Å². The lowest BCUT2D eigenvalue weighted by atomic mass is 10.0. The number of aliphatic carboxylic acids is 1. The molecular formula is C12H14O3. The summed E-state index contributed by atoms with van der Waals surface area (Å²) in [7, 11) is 1.72. The molecule has 0 unspecified atom stereocenters. The van der Waals surface area contributed by atoms with Gasteiger partial charge in [-0.05, 0) is 24.0 Å². The van der Waals surface area contributed by atoms with Crippen LogP contribution >= 0.6 is 0 Å². The molecule has 15 heavy (non-hydrogen) atoms. The highest BCUT2D eigenvalue weighted by Crippen LogP contribution is 2.48. The molecule has 0 saturated heterocycles. The molecule has 0 bridgehead atoms. The zero-order chi connectivity index (χ0) is 10.9. The Balaban J connectivity index is 2.14. The van der Waals surface area contributed by atoms with E-state index in [-0.39, 0.29) is 12.0 Å². The van der Waals surface area contributed by atoms with Crippen LogP contribution in [0.5, 0.6) is 0 Å². The topological polar surface area (TPSA) is 46.5 Å². The van der Waals surface area contributed by atoms with Crippen molar-refractivity contribution in [1.82, 2.24) is 0 Å². The lowest BCUT2D eigenvalue weighted by Gasteiger charge is -2.13. The molecule has 1 aromatic rings. The SMILES string of the molecule is COC1(c2ccc(CC(=O)O)cc2)CC1. The molecule has 0 amide bonds. The molecule has 3 heteroatoms. The van der Waals surface area contributed by atoms with E-state index >= 15 is 0 Å². The van der Waals surface area contributed by atoms with Gasteiger partial charge in [0.15, 0.2) is 0 Å². The Morgan fingerprint density at radius 2 is 2.00 bits per heavy atom. The third kappa shape index (κ3) is 2.02. The molecule has 0 spiro atoms. The predicted molar refractivity (Wildman–Crippen MR) is 55.7 cm³/mol. The Hall–Kier alpha value is -1.35. The number of carboxylic acid groups (broad SMARTS) is 1. The average Bonchev–Trinajstić information content (AvgIpc) is 2.99. The zero-order valence-corrected chi connectivity index (χ0v) is 8.69. The van der Waals surface area contributed by atoms with E-state index in [1.807, 2.05) is 24.3 Å². The largest absolute Gasteiger partial charge is 0.481 e. The van der Waals surface area contributed by atoms with Crippen molar-refractivity contribution in [2.75, 3.05) is 7.11 Å². The minimum absolute atomic E-state index is 0.0816. The van der Waals surface area contributed by atoms with Crippen LogP contribution in [-0.2, 0) is 21.6 Å². The number of hydrogen-bond acceptors (Lipinski definition) is 2. The van der Waals surface area contributed by atoms with Gasteiger partial charge in [0, 0.05) is 7.11 Å². The van der Waals surface area contributed by atoms with Crippen molar-refractivity contribution in [1.29, 1.82) is 0 Å². The van der Waals surface area contributed by atoms with Gasteiger partial charge < -0.3 is 9.84 Å². The maximum absolute atomic E-state index is 10.5. The number of rotatable bonds is 4. The van der Waals surface area contributed by atoms with Crippen molar-refractivity contribution in [2.24, 2.45) is 0 Å². The fourth-order valence-electron chi connectivity index (χ4n) is 1.83. The molecule has 1 aliphatic rings. The second kappa shape index (κ2) is 3.66. The monoisotopic (exact) mass is 206 g/mol. The third-order valence-corrected chi connectivity index (χ3v) is 2.93. The molecule has 0 heterocycles. The summed E-state index contributed by atoms with van der Waals surface area (Å²) in [6.07, 6.45) is 2.20. The van der Waals surface area contributed by atoms with Gasteiger partial charge in [0.25, 0.3) is 0 Å². The van der Waals surface area contributed by atoms with E-state index in [0.29, 0.717) is 0 Å². The summed E-state index contributed by atoms with van der Waals surface area (Å²) in [4.78, 5) is 10.5. The molecule has 0 radical (unpaired) electrons. The molecule has 0 aromatic heterocycles. The first-order valence-electron chi connectivity index (χ1n) is 5.03. The van der Waals surface area contributed by atoms with E-state index in [9.17, 15) is 4.79 Å². The van der Waals surface area contributed by atoms with Crippen LogP contribution in [0.2, 0.25) is 0 Å². The van der Waals surface area contributed by atoms with Gasteiger partial charge in [0.05, 0.1) is 12.0 Å². The predicted octanol–water partition coefficient (Wildman–Crippen LogP) is 1.95. The standard InChI is InChI=1S/C12H14O3/c1-15-12(6-7-12)10-4-2-9(3-5-10)8-11(13)14/h2-5H,6-8H2,1H3,(H,13,14). The molecule has 0 aliphatic heterocycles. The lowest BCUT2D eigenvalue weighted by Crippen LogP contribution is -2.09. The zero-order valence-electron chi connectivity index (χ0n) is 8.69. The van der Waals surface area contributed by atoms with E-state index in [0.717, 1.165) is 24.0 Å². The maximum atomic E-state index is 10.5. The van der Waals surface area contributed by atoms with E-state index < -0.39 is 5.97 Å². The van der Waals surface area contributed by atoms with Gasteiger partial charge in [0.2, 0.25) is 0 Å². The fraction of sp³-hybridized carbons (Fsp3) is 0.417. The maximum Gasteiger partial charge on any atom is 0.307 e. The summed E-state index contributed by atoms with van der Waals surface area (Å²) in [6.45, 7) is 0. The van der Waals surface area contributed by atoms with Crippen LogP contribution in [0.3, 0.4) is 0 Å². The van der Waals surface area contributed by atoms with Crippen LogP contribution in [0.4, 0.5) is 0 Å². The first-order valence-corrected chi connectivity index (χ1v) is 5.03. The van der Waals surface area contributed by atoms with Crippen molar-refractivity contribution >= 4 is 5.97 Å². The summed E-state index contributed by atoms with van der Waals surface area (Å²) >= 11 is 0. The molecule has 3 nitrogen and oxygen atoms in total. The van der Waals surface area contributed by atoms with E-state index in [4.69, 9.17) is 9.84 Å². The lowest BCUT2D eigenvalue weighted by molar-refractivity contribution is -0.136. The Labute approximate surface area is 88.7 Å². The molecule has 0 atom stereocenters. The number of carboxylic acids is 1. The van der Waals surface area contributed by atoms with Gasteiger partial charge in [-0.3, -0.25) is 4.79 Å². The summed E-state index contributed by atoms with van der Waals surface area (Å²) in [5.41, 5.74) is 1.90. The highest BCUT2D eigenvalue weighted by Gasteiger charge is 2.44. The fourth-order valence-corrected chi connectivity index (χ4v) is 1.83. The van der Waals surface area contributed by atoms with Crippen LogP contribution in [-0.4, -0.2) is 18.2 Å². The minimum atomic E-state index is -0.796. The average molecular weight is 206 g/mol. The molecule has 1 aliphatic carbocycles. The summed E-state index contributed by atoms with van der Waals surface area (Å²) in [6, 6.07) is 7.66. The highest BCUT2D eigenvalue weighted by atomic mass is 16.5. The van der Waals surface area contributed by atoms with Gasteiger partial charge in [-0.2, -0.15) is 0 Å². The first-order chi connectivity index (χ1) is 7.16. The Kier molecular flexibility index (Phi) is 2.49. The molecule has 1 fully saturated rings. The number of carbonyl (C=O) groups is 1. The molecule has 1 saturated carbocycles. The van der Waals surface area contributed by atoms with Crippen molar-refractivity contribution < 1.29 is 14.6 Å². The Bertz CT molecular complexity index is 363. The Morgan fingerprint density at radius 1 is 1.40 bits per heavy atom. The molecule has 1 aromatic carbocycles. The van der Waals surface area contributed by atoms with Crippen molar-refractivity contribution in [3.05, 3.63) is 35.4 Å². The Morgan fingerprint density at radius 3 is 2.40 bits per heavy atom. The summed E-state index contributed by atoms with van der Waals surface area (Å²) < 4.78 is 5.44. The number of methoxy groups -OCH3 is 1. The van der Waals surface area contributed by atoms with Crippen molar-refractivity contribution in [3.8, 4) is 0 Å². The van der Waals surface area contributed by atoms with Crippen molar-refractivity contribution in [3.63, 3.8) is 0 Å². The number of hydrogen-bond donors (Lipinski definition) is 1. The van der Waals surface area contributed by atoms with Gasteiger partial charge >= 0.3 is 5.97 Å². The van der Waals surface area contributed by atoms with Gasteiger partial charge in [-0.1, -0.05) is 24.3 Å². The van der Waals surface area contributed by atoms with Crippen LogP contribution in [0.1, 0.15) is 24.0 Å². The quantitative estimate of drug-likeness (QED) is 0.819. The second-order valence-corrected chi connectivity index (χ2v) is 3.97. The summed E-state index contributed by atoms with van der Waals surface area (Å²) in [5.74, 6) is -0.796. The van der Waals surface area contributed by atoms with Gasteiger partial charge in [-0.25, -0.2) is 0 Å². The normalized spacial score (nSPS) is 17.4. The van der Waals surface area contributed by atoms with E-state index in [1.165, 1.54) is 0 Å². The minimum Gasteiger partial charge on any atom is -0.481 e. The van der Waals surface area contributed by atoms with Crippen LogP contribution < -0.4 is 0 Å². The highest BCUT2D eigenvalue weighted by molar-refractivity contribution is 5.70. The molecule has 2 rings (SSSR count). The third-order valence-electron chi connectivity index (χ3n) is 2.93.